The van der Waals surface area contributed by atoms with E-state index in [1.54, 1.807) is 0 Å². The van der Waals surface area contributed by atoms with Crippen molar-refractivity contribution in [3.05, 3.63) is 29.3 Å². The number of hydrogen-bond donors (Lipinski definition) is 2. The van der Waals surface area contributed by atoms with Crippen LogP contribution >= 0.6 is 11.3 Å². The number of nitrogens with zero attached hydrogens (tertiary/aromatic N) is 1. The summed E-state index contributed by atoms with van der Waals surface area (Å²) in [6.45, 7) is 1.37. The third kappa shape index (κ3) is 4.26. The monoisotopic (exact) mass is 321 g/mol. The van der Waals surface area contributed by atoms with Gasteiger partial charge in [-0.15, -0.1) is 11.3 Å². The van der Waals surface area contributed by atoms with Gasteiger partial charge in [0.2, 0.25) is 0 Å². The molecule has 1 atom stereocenters. The molecule has 3 amide bonds. The van der Waals surface area contributed by atoms with Crippen molar-refractivity contribution in [2.45, 2.75) is 25.9 Å². The van der Waals surface area contributed by atoms with Crippen LogP contribution in [0.5, 0.6) is 0 Å². The quantitative estimate of drug-likeness (QED) is 0.808. The zero-order chi connectivity index (χ0) is 16.1. The average Bonchev–Trinajstić information content (AvgIpc) is 2.87. The van der Waals surface area contributed by atoms with Gasteiger partial charge in [-0.2, -0.15) is 0 Å². The fourth-order valence-corrected chi connectivity index (χ4v) is 2.74. The third-order valence-corrected chi connectivity index (χ3v) is 3.90. The van der Waals surface area contributed by atoms with Crippen LogP contribution in [0.3, 0.4) is 0 Å². The first-order chi connectivity index (χ1) is 10.5. The van der Waals surface area contributed by atoms with Crippen molar-refractivity contribution in [1.82, 2.24) is 10.3 Å². The van der Waals surface area contributed by atoms with E-state index in [0.717, 1.165) is 15.2 Å². The lowest BCUT2D eigenvalue weighted by Crippen LogP contribution is -2.42. The largest absolute Gasteiger partial charge is 0.453 e. The highest BCUT2D eigenvalue weighted by atomic mass is 32.1. The number of benzene rings is 1. The molecule has 116 valence electrons. The van der Waals surface area contributed by atoms with E-state index in [1.165, 1.54) is 18.3 Å². The summed E-state index contributed by atoms with van der Waals surface area (Å²) < 4.78 is 5.98. The molecular weight excluding hydrogens is 306 g/mol. The molecule has 1 heterocycles. The normalized spacial score (nSPS) is 11.9. The topological polar surface area (TPSA) is 111 Å². The number of carbonyl (C=O) groups excluding carboxylic acids is 3. The summed E-state index contributed by atoms with van der Waals surface area (Å²) in [5.74, 6) is -1.28. The smallest absolute Gasteiger partial charge is 0.318 e. The van der Waals surface area contributed by atoms with Crippen molar-refractivity contribution < 1.29 is 19.1 Å². The van der Waals surface area contributed by atoms with E-state index in [1.807, 2.05) is 29.6 Å². The lowest BCUT2D eigenvalue weighted by molar-refractivity contribution is -0.154. The lowest BCUT2D eigenvalue weighted by Gasteiger charge is -2.11. The molecule has 0 aliphatic carbocycles. The highest BCUT2D eigenvalue weighted by Crippen LogP contribution is 2.22. The number of imide groups is 1. The first kappa shape index (κ1) is 15.9. The Labute approximate surface area is 130 Å². The number of carbonyl (C=O) groups is 3. The summed E-state index contributed by atoms with van der Waals surface area (Å²) in [6, 6.07) is 6.72. The Hall–Kier alpha value is -2.48. The van der Waals surface area contributed by atoms with E-state index in [4.69, 9.17) is 10.5 Å². The van der Waals surface area contributed by atoms with Gasteiger partial charge in [0.15, 0.2) is 6.10 Å². The third-order valence-electron chi connectivity index (χ3n) is 2.81. The summed E-state index contributed by atoms with van der Waals surface area (Å²) in [6.07, 6.45) is -0.536. The second-order valence-electron chi connectivity index (χ2n) is 4.56. The maximum atomic E-state index is 11.7. The molecule has 2 aromatic rings. The van der Waals surface area contributed by atoms with Crippen LogP contribution in [0.15, 0.2) is 24.3 Å². The minimum Gasteiger partial charge on any atom is -0.453 e. The van der Waals surface area contributed by atoms with Crippen LogP contribution < -0.4 is 11.1 Å². The van der Waals surface area contributed by atoms with Gasteiger partial charge < -0.3 is 10.5 Å². The van der Waals surface area contributed by atoms with Crippen LogP contribution in [0.4, 0.5) is 4.79 Å². The van der Waals surface area contributed by atoms with Gasteiger partial charge in [-0.05, 0) is 19.1 Å². The van der Waals surface area contributed by atoms with Crippen LogP contribution in [-0.2, 0) is 20.7 Å². The highest BCUT2D eigenvalue weighted by Gasteiger charge is 2.19. The number of para-hydroxylation sites is 1. The number of esters is 1. The molecule has 1 aromatic carbocycles. The van der Waals surface area contributed by atoms with Crippen LogP contribution in [0.25, 0.3) is 10.2 Å². The number of aromatic nitrogens is 1. The van der Waals surface area contributed by atoms with Crippen molar-refractivity contribution in [3.8, 4) is 0 Å². The Morgan fingerprint density at radius 1 is 1.36 bits per heavy atom. The summed E-state index contributed by atoms with van der Waals surface area (Å²) in [7, 11) is 0. The first-order valence-corrected chi connectivity index (χ1v) is 7.41. The molecule has 7 nitrogen and oxygen atoms in total. The number of nitrogens with two attached hydrogens (primary N) is 1. The lowest BCUT2D eigenvalue weighted by atomic mass is 10.3. The number of rotatable bonds is 5. The van der Waals surface area contributed by atoms with E-state index >= 15 is 0 Å². The number of nitrogens with one attached hydrogen (secondary N) is 1. The standard InChI is InChI=1S/C14H15N3O4S/c1-8(13(19)17-14(15)20)21-12(18)7-6-11-16-9-4-2-3-5-10(9)22-11/h2-5,8H,6-7H2,1H3,(H3,15,17,19,20). The zero-order valence-corrected chi connectivity index (χ0v) is 12.7. The van der Waals surface area contributed by atoms with Crippen molar-refractivity contribution in [2.24, 2.45) is 5.73 Å². The minimum absolute atomic E-state index is 0.105. The molecule has 0 spiro atoms. The number of ether oxygens (including phenoxy) is 1. The van der Waals surface area contributed by atoms with Crippen LogP contribution in [0.1, 0.15) is 18.4 Å². The van der Waals surface area contributed by atoms with Gasteiger partial charge in [0.1, 0.15) is 0 Å². The molecule has 8 heteroatoms. The number of fused-ring (bicyclic) bond motifs is 1. The van der Waals surface area contributed by atoms with Gasteiger partial charge in [0.25, 0.3) is 5.91 Å². The molecule has 2 rings (SSSR count). The summed E-state index contributed by atoms with van der Waals surface area (Å²) in [5.41, 5.74) is 5.71. The van der Waals surface area contributed by atoms with Crippen LogP contribution in [0, 0.1) is 0 Å². The zero-order valence-electron chi connectivity index (χ0n) is 11.9. The number of aryl methyl sites for hydroxylation is 1. The number of amides is 3. The predicted molar refractivity (Wildman–Crippen MR) is 81.2 cm³/mol. The Kier molecular flexibility index (Phi) is 5.05. The van der Waals surface area contributed by atoms with Gasteiger partial charge in [0.05, 0.1) is 21.6 Å². The maximum Gasteiger partial charge on any atom is 0.318 e. The second kappa shape index (κ2) is 6.99. The van der Waals surface area contributed by atoms with E-state index < -0.39 is 24.0 Å². The van der Waals surface area contributed by atoms with Crippen molar-refractivity contribution in [2.75, 3.05) is 0 Å². The van der Waals surface area contributed by atoms with Crippen molar-refractivity contribution >= 4 is 39.5 Å². The SMILES string of the molecule is CC(OC(=O)CCc1nc2ccccc2s1)C(=O)NC(N)=O. The number of primary amides is 1. The van der Waals surface area contributed by atoms with Gasteiger partial charge in [-0.25, -0.2) is 9.78 Å². The number of urea groups is 1. The molecule has 1 aromatic heterocycles. The molecule has 1 unspecified atom stereocenters. The van der Waals surface area contributed by atoms with Crippen molar-refractivity contribution in [1.29, 1.82) is 0 Å². The Morgan fingerprint density at radius 2 is 2.09 bits per heavy atom. The van der Waals surface area contributed by atoms with E-state index in [2.05, 4.69) is 4.98 Å². The molecule has 0 saturated heterocycles. The fraction of sp³-hybridized carbons (Fsp3) is 0.286. The molecule has 22 heavy (non-hydrogen) atoms. The van der Waals surface area contributed by atoms with E-state index in [-0.39, 0.29) is 6.42 Å². The second-order valence-corrected chi connectivity index (χ2v) is 5.68. The molecule has 0 bridgehead atoms. The van der Waals surface area contributed by atoms with Gasteiger partial charge >= 0.3 is 12.0 Å². The first-order valence-electron chi connectivity index (χ1n) is 6.60. The summed E-state index contributed by atoms with van der Waals surface area (Å²) in [4.78, 5) is 38.0. The fourth-order valence-electron chi connectivity index (χ4n) is 1.77. The van der Waals surface area contributed by atoms with Crippen LogP contribution in [0.2, 0.25) is 0 Å². The van der Waals surface area contributed by atoms with Gasteiger partial charge in [0, 0.05) is 6.42 Å². The average molecular weight is 321 g/mol. The number of hydrogen-bond acceptors (Lipinski definition) is 6. The van der Waals surface area contributed by atoms with Crippen LogP contribution in [-0.4, -0.2) is 29.0 Å². The molecule has 3 N–H and O–H groups in total. The van der Waals surface area contributed by atoms with E-state index in [9.17, 15) is 14.4 Å². The molecule has 0 aliphatic heterocycles. The van der Waals surface area contributed by atoms with Gasteiger partial charge in [-0.3, -0.25) is 14.9 Å². The Balaban J connectivity index is 1.84. The molecule has 0 radical (unpaired) electrons. The molecule has 0 saturated carbocycles. The Morgan fingerprint density at radius 3 is 2.77 bits per heavy atom. The number of thiazole rings is 1. The highest BCUT2D eigenvalue weighted by molar-refractivity contribution is 7.18. The summed E-state index contributed by atoms with van der Waals surface area (Å²) in [5, 5.41) is 2.68. The van der Waals surface area contributed by atoms with Gasteiger partial charge in [-0.1, -0.05) is 12.1 Å². The molecular formula is C14H15N3O4S. The summed E-state index contributed by atoms with van der Waals surface area (Å²) >= 11 is 1.51. The maximum absolute atomic E-state index is 11.7. The molecule has 0 fully saturated rings. The minimum atomic E-state index is -1.07. The molecule has 0 aliphatic rings. The van der Waals surface area contributed by atoms with E-state index in [0.29, 0.717) is 6.42 Å². The Bertz CT molecular complexity index is 680. The predicted octanol–water partition coefficient (Wildman–Crippen LogP) is 1.36. The van der Waals surface area contributed by atoms with Crippen molar-refractivity contribution in [3.63, 3.8) is 0 Å².